The molecule has 37 heavy (non-hydrogen) atoms. The summed E-state index contributed by atoms with van der Waals surface area (Å²) in [6.07, 6.45) is 1.84. The first-order valence-corrected chi connectivity index (χ1v) is 13.4. The van der Waals surface area contributed by atoms with Gasteiger partial charge in [-0.25, -0.2) is 0 Å². The van der Waals surface area contributed by atoms with Crippen molar-refractivity contribution in [2.45, 2.75) is 72.6 Å². The van der Waals surface area contributed by atoms with Crippen LogP contribution in [0.4, 0.5) is 0 Å². The summed E-state index contributed by atoms with van der Waals surface area (Å²) < 4.78 is 0. The Kier molecular flexibility index (Phi) is 8.07. The molecule has 2 heteroatoms. The van der Waals surface area contributed by atoms with Crippen LogP contribution in [0, 0.1) is 13.8 Å². The number of phenolic OH excluding ortho intramolecular Hbond substituents is 2. The Morgan fingerprint density at radius 1 is 0.514 bits per heavy atom. The van der Waals surface area contributed by atoms with Crippen LogP contribution >= 0.6 is 0 Å². The van der Waals surface area contributed by atoms with Crippen LogP contribution < -0.4 is 0 Å². The Labute approximate surface area is 222 Å². The highest BCUT2D eigenvalue weighted by Crippen LogP contribution is 2.34. The van der Waals surface area contributed by atoms with Crippen molar-refractivity contribution in [1.82, 2.24) is 0 Å². The molecule has 4 aromatic carbocycles. The molecule has 0 aliphatic rings. The lowest BCUT2D eigenvalue weighted by atomic mass is 9.91. The number of benzene rings is 4. The lowest BCUT2D eigenvalue weighted by Crippen LogP contribution is -2.00. The first-order valence-electron chi connectivity index (χ1n) is 13.4. The Hall–Kier alpha value is -3.52. The topological polar surface area (TPSA) is 40.5 Å². The van der Waals surface area contributed by atoms with Crippen LogP contribution in [0.2, 0.25) is 0 Å². The van der Waals surface area contributed by atoms with Crippen LogP contribution in [0.25, 0.3) is 0 Å². The molecule has 0 radical (unpaired) electrons. The lowest BCUT2D eigenvalue weighted by Gasteiger charge is -2.16. The molecular formula is C35H40O2. The highest BCUT2D eigenvalue weighted by Gasteiger charge is 2.16. The van der Waals surface area contributed by atoms with E-state index in [0.717, 1.165) is 33.4 Å². The second kappa shape index (κ2) is 11.3. The number of hydrogen-bond donors (Lipinski definition) is 2. The van der Waals surface area contributed by atoms with E-state index in [-0.39, 0.29) is 0 Å². The zero-order valence-electron chi connectivity index (χ0n) is 23.1. The Morgan fingerprint density at radius 3 is 1.22 bits per heavy atom. The molecule has 0 spiro atoms. The maximum Gasteiger partial charge on any atom is 0.122 e. The Bertz CT molecular complexity index is 1290. The summed E-state index contributed by atoms with van der Waals surface area (Å²) in [5, 5.41) is 22.6. The van der Waals surface area contributed by atoms with Gasteiger partial charge in [-0.15, -0.1) is 0 Å². The van der Waals surface area contributed by atoms with E-state index in [4.69, 9.17) is 0 Å². The SMILES string of the molecule is Cc1cc(Cc2cccc(C(C)C)c2)c(O)c(Cc2cc(C)cc(Cc3cccc(C(C)C)c3)c2O)c1. The molecule has 4 aromatic rings. The molecule has 0 aliphatic carbocycles. The molecule has 192 valence electrons. The van der Waals surface area contributed by atoms with Gasteiger partial charge >= 0.3 is 0 Å². The molecule has 0 saturated heterocycles. The van der Waals surface area contributed by atoms with E-state index in [1.165, 1.54) is 22.3 Å². The minimum Gasteiger partial charge on any atom is -0.507 e. The van der Waals surface area contributed by atoms with Gasteiger partial charge in [0.25, 0.3) is 0 Å². The second-order valence-electron chi connectivity index (χ2n) is 11.2. The summed E-state index contributed by atoms with van der Waals surface area (Å²) in [5.41, 5.74) is 10.8. The van der Waals surface area contributed by atoms with E-state index in [1.54, 1.807) is 0 Å². The Morgan fingerprint density at radius 2 is 0.865 bits per heavy atom. The van der Waals surface area contributed by atoms with E-state index in [9.17, 15) is 10.2 Å². The van der Waals surface area contributed by atoms with Gasteiger partial charge in [0.05, 0.1) is 0 Å². The molecule has 0 unspecified atom stereocenters. The standard InChI is InChI=1S/C35H40O2/c1-22(2)28-11-7-9-26(17-28)19-30-13-24(5)15-32(34(30)36)21-33-16-25(6)14-31(35(33)37)20-27-10-8-12-29(18-27)23(3)4/h7-18,22-23,36-37H,19-21H2,1-6H3. The summed E-state index contributed by atoms with van der Waals surface area (Å²) in [5.74, 6) is 1.58. The molecule has 0 saturated carbocycles. The molecule has 0 fully saturated rings. The quantitative estimate of drug-likeness (QED) is 0.258. The first kappa shape index (κ1) is 26.5. The summed E-state index contributed by atoms with van der Waals surface area (Å²) in [6, 6.07) is 25.5. The number of rotatable bonds is 8. The van der Waals surface area contributed by atoms with E-state index in [2.05, 4.69) is 102 Å². The number of aryl methyl sites for hydroxylation is 2. The predicted octanol–water partition coefficient (Wildman–Crippen LogP) is 8.73. The van der Waals surface area contributed by atoms with E-state index < -0.39 is 0 Å². The van der Waals surface area contributed by atoms with Crippen molar-refractivity contribution in [1.29, 1.82) is 0 Å². The predicted molar refractivity (Wildman–Crippen MR) is 155 cm³/mol. The highest BCUT2D eigenvalue weighted by molar-refractivity contribution is 5.52. The van der Waals surface area contributed by atoms with Gasteiger partial charge in [0.15, 0.2) is 0 Å². The van der Waals surface area contributed by atoms with Crippen molar-refractivity contribution >= 4 is 0 Å². The third kappa shape index (κ3) is 6.43. The molecule has 0 aromatic heterocycles. The van der Waals surface area contributed by atoms with Gasteiger partial charge in [-0.2, -0.15) is 0 Å². The van der Waals surface area contributed by atoms with Crippen molar-refractivity contribution < 1.29 is 10.2 Å². The van der Waals surface area contributed by atoms with Gasteiger partial charge in [0.2, 0.25) is 0 Å². The van der Waals surface area contributed by atoms with Gasteiger partial charge < -0.3 is 10.2 Å². The molecule has 2 N–H and O–H groups in total. The van der Waals surface area contributed by atoms with Gasteiger partial charge in [-0.3, -0.25) is 0 Å². The maximum absolute atomic E-state index is 11.3. The van der Waals surface area contributed by atoms with Crippen LogP contribution in [0.1, 0.15) is 95.2 Å². The third-order valence-corrected chi connectivity index (χ3v) is 7.23. The first-order chi connectivity index (χ1) is 17.6. The van der Waals surface area contributed by atoms with Crippen molar-refractivity contribution in [3.05, 3.63) is 128 Å². The zero-order valence-corrected chi connectivity index (χ0v) is 23.1. The van der Waals surface area contributed by atoms with Crippen LogP contribution in [0.15, 0.2) is 72.8 Å². The highest BCUT2D eigenvalue weighted by atomic mass is 16.3. The van der Waals surface area contributed by atoms with Gasteiger partial charge in [-0.05, 0) is 70.2 Å². The van der Waals surface area contributed by atoms with Gasteiger partial charge in [0, 0.05) is 19.3 Å². The molecule has 0 heterocycles. The maximum atomic E-state index is 11.3. The number of aromatic hydroxyl groups is 2. The fraction of sp³-hybridized carbons (Fsp3) is 0.314. The van der Waals surface area contributed by atoms with Crippen molar-refractivity contribution in [3.63, 3.8) is 0 Å². The number of hydrogen-bond acceptors (Lipinski definition) is 2. The molecule has 0 atom stereocenters. The van der Waals surface area contributed by atoms with Crippen LogP contribution in [0.5, 0.6) is 11.5 Å². The van der Waals surface area contributed by atoms with Crippen LogP contribution in [0.3, 0.4) is 0 Å². The average Bonchev–Trinajstić information content (AvgIpc) is 2.85. The van der Waals surface area contributed by atoms with E-state index in [0.29, 0.717) is 42.6 Å². The minimum absolute atomic E-state index is 0.327. The number of phenols is 2. The molecule has 2 nitrogen and oxygen atoms in total. The third-order valence-electron chi connectivity index (χ3n) is 7.23. The van der Waals surface area contributed by atoms with Gasteiger partial charge in [-0.1, -0.05) is 112 Å². The van der Waals surface area contributed by atoms with Crippen LogP contribution in [-0.2, 0) is 19.3 Å². The fourth-order valence-electron chi connectivity index (χ4n) is 5.18. The fourth-order valence-corrected chi connectivity index (χ4v) is 5.18. The molecule has 4 rings (SSSR count). The minimum atomic E-state index is 0.327. The van der Waals surface area contributed by atoms with Crippen LogP contribution in [-0.4, -0.2) is 10.2 Å². The normalized spacial score (nSPS) is 11.5. The largest absolute Gasteiger partial charge is 0.507 e. The second-order valence-corrected chi connectivity index (χ2v) is 11.2. The van der Waals surface area contributed by atoms with Crippen molar-refractivity contribution in [3.8, 4) is 11.5 Å². The smallest absolute Gasteiger partial charge is 0.122 e. The van der Waals surface area contributed by atoms with E-state index in [1.807, 2.05) is 12.1 Å². The Balaban J connectivity index is 1.64. The molecular weight excluding hydrogens is 452 g/mol. The molecule has 0 amide bonds. The average molecular weight is 493 g/mol. The summed E-state index contributed by atoms with van der Waals surface area (Å²) >= 11 is 0. The van der Waals surface area contributed by atoms with E-state index >= 15 is 0 Å². The molecule has 0 bridgehead atoms. The molecule has 0 aliphatic heterocycles. The summed E-state index contributed by atoms with van der Waals surface area (Å²) in [6.45, 7) is 12.9. The van der Waals surface area contributed by atoms with Crippen molar-refractivity contribution in [2.24, 2.45) is 0 Å². The van der Waals surface area contributed by atoms with Crippen molar-refractivity contribution in [2.75, 3.05) is 0 Å². The lowest BCUT2D eigenvalue weighted by molar-refractivity contribution is 0.456. The summed E-state index contributed by atoms with van der Waals surface area (Å²) in [7, 11) is 0. The monoisotopic (exact) mass is 492 g/mol. The van der Waals surface area contributed by atoms with Gasteiger partial charge in [0.1, 0.15) is 11.5 Å². The zero-order chi connectivity index (χ0) is 26.7. The summed E-state index contributed by atoms with van der Waals surface area (Å²) in [4.78, 5) is 0.